The second-order valence-corrected chi connectivity index (χ2v) is 6.99. The quantitative estimate of drug-likeness (QED) is 0.880. The van der Waals surface area contributed by atoms with Crippen LogP contribution in [0, 0.1) is 6.92 Å². The van der Waals surface area contributed by atoms with Crippen molar-refractivity contribution in [2.24, 2.45) is 4.99 Å². The van der Waals surface area contributed by atoms with Crippen molar-refractivity contribution in [1.82, 2.24) is 10.2 Å². The zero-order valence-electron chi connectivity index (χ0n) is 14.1. The lowest BCUT2D eigenvalue weighted by molar-refractivity contribution is -0.138. The van der Waals surface area contributed by atoms with Gasteiger partial charge in [-0.25, -0.2) is 4.99 Å². The number of hydrogen-bond acceptors (Lipinski definition) is 4. The van der Waals surface area contributed by atoms with E-state index in [4.69, 9.17) is 0 Å². The van der Waals surface area contributed by atoms with Crippen LogP contribution in [0.15, 0.2) is 40.7 Å². The van der Waals surface area contributed by atoms with E-state index >= 15 is 0 Å². The van der Waals surface area contributed by atoms with Crippen LogP contribution in [0.2, 0.25) is 0 Å². The maximum atomic E-state index is 13.1. The average molecular weight is 381 g/mol. The number of hydrogen-bond donors (Lipinski definition) is 1. The maximum absolute atomic E-state index is 13.1. The Bertz CT molecular complexity index is 816. The molecule has 1 aromatic carbocycles. The zero-order valence-corrected chi connectivity index (χ0v) is 15.0. The Morgan fingerprint density at radius 2 is 2.12 bits per heavy atom. The lowest BCUT2D eigenvalue weighted by atomic mass is 10.1. The molecule has 1 amide bonds. The molecule has 3 rings (SSSR count). The number of thiophene rings is 1. The summed E-state index contributed by atoms with van der Waals surface area (Å²) < 4.78 is 39.3. The number of alkyl halides is 3. The number of amides is 1. The van der Waals surface area contributed by atoms with E-state index in [9.17, 15) is 18.0 Å². The highest BCUT2D eigenvalue weighted by Crippen LogP contribution is 2.35. The third-order valence-corrected chi connectivity index (χ3v) is 5.05. The summed E-state index contributed by atoms with van der Waals surface area (Å²) in [7, 11) is 0. The van der Waals surface area contributed by atoms with E-state index in [2.05, 4.69) is 10.3 Å². The van der Waals surface area contributed by atoms with Gasteiger partial charge in [-0.2, -0.15) is 13.2 Å². The number of halogens is 3. The molecule has 0 aliphatic carbocycles. The Hall–Kier alpha value is -2.19. The van der Waals surface area contributed by atoms with Gasteiger partial charge < -0.3 is 5.32 Å². The van der Waals surface area contributed by atoms with Crippen molar-refractivity contribution in [2.75, 3.05) is 19.6 Å². The van der Waals surface area contributed by atoms with Crippen LogP contribution in [0.4, 0.5) is 18.9 Å². The molecule has 26 heavy (non-hydrogen) atoms. The van der Waals surface area contributed by atoms with E-state index in [1.54, 1.807) is 4.90 Å². The molecular formula is C18H18F3N3OS. The molecule has 2 heterocycles. The van der Waals surface area contributed by atoms with E-state index in [1.165, 1.54) is 30.4 Å². The minimum Gasteiger partial charge on any atom is -0.308 e. The highest BCUT2D eigenvalue weighted by molar-refractivity contribution is 7.10. The number of nitrogens with zero attached hydrogens (tertiary/aromatic N) is 2. The molecule has 8 heteroatoms. The molecule has 1 aromatic heterocycles. The van der Waals surface area contributed by atoms with Gasteiger partial charge in [0.1, 0.15) is 5.84 Å². The number of carbonyl (C=O) groups is 1. The van der Waals surface area contributed by atoms with Crippen LogP contribution in [0.25, 0.3) is 0 Å². The fourth-order valence-electron chi connectivity index (χ4n) is 2.83. The molecule has 0 unspecified atom stereocenters. The normalized spacial score (nSPS) is 16.9. The molecular weight excluding hydrogens is 363 g/mol. The standard InChI is InChI=1S/C18H18F3N3OS/c1-12-14(18(19,20)21)5-2-6-15(12)23-16-11-22-7-8-24(16)17(25)10-13-4-3-9-26-13/h2-6,9,22H,7-8,10-11H2,1H3. The van der Waals surface area contributed by atoms with Crippen LogP contribution in [0.3, 0.4) is 0 Å². The fraction of sp³-hybridized carbons (Fsp3) is 0.333. The van der Waals surface area contributed by atoms with Gasteiger partial charge in [0.05, 0.1) is 24.2 Å². The van der Waals surface area contributed by atoms with Gasteiger partial charge in [0, 0.05) is 18.0 Å². The van der Waals surface area contributed by atoms with Crippen LogP contribution in [-0.4, -0.2) is 36.3 Å². The molecule has 0 spiro atoms. The number of amidine groups is 1. The molecule has 138 valence electrons. The van der Waals surface area contributed by atoms with Gasteiger partial charge in [-0.3, -0.25) is 9.69 Å². The molecule has 2 aromatic rings. The summed E-state index contributed by atoms with van der Waals surface area (Å²) in [4.78, 5) is 19.5. The predicted octanol–water partition coefficient (Wildman–Crippen LogP) is 3.78. The third-order valence-electron chi connectivity index (χ3n) is 4.17. The number of nitrogens with one attached hydrogen (secondary N) is 1. The number of carbonyl (C=O) groups excluding carboxylic acids is 1. The van der Waals surface area contributed by atoms with E-state index < -0.39 is 11.7 Å². The first-order valence-corrected chi connectivity index (χ1v) is 9.02. The first kappa shape index (κ1) is 18.6. The Kier molecular flexibility index (Phi) is 5.43. The van der Waals surface area contributed by atoms with Gasteiger partial charge in [-0.15, -0.1) is 11.3 Å². The average Bonchev–Trinajstić information content (AvgIpc) is 3.09. The third kappa shape index (κ3) is 4.13. The monoisotopic (exact) mass is 381 g/mol. The van der Waals surface area contributed by atoms with E-state index in [0.717, 1.165) is 10.9 Å². The Labute approximate surface area is 153 Å². The lowest BCUT2D eigenvalue weighted by Crippen LogP contribution is -2.51. The fourth-order valence-corrected chi connectivity index (χ4v) is 3.53. The minimum absolute atomic E-state index is 0.0590. The van der Waals surface area contributed by atoms with Gasteiger partial charge >= 0.3 is 6.18 Å². The molecule has 0 atom stereocenters. The molecule has 1 fully saturated rings. The number of aliphatic imine (C=N–C) groups is 1. The van der Waals surface area contributed by atoms with E-state index in [-0.39, 0.29) is 23.6 Å². The van der Waals surface area contributed by atoms with Crippen molar-refractivity contribution >= 4 is 28.8 Å². The number of piperazine rings is 1. The SMILES string of the molecule is Cc1c(N=C2CNCCN2C(=O)Cc2cccs2)cccc1C(F)(F)F. The largest absolute Gasteiger partial charge is 0.416 e. The van der Waals surface area contributed by atoms with Gasteiger partial charge in [-0.05, 0) is 36.1 Å². The van der Waals surface area contributed by atoms with Crippen LogP contribution in [-0.2, 0) is 17.4 Å². The molecule has 1 aliphatic heterocycles. The minimum atomic E-state index is -4.43. The molecule has 0 radical (unpaired) electrons. The van der Waals surface area contributed by atoms with E-state index in [0.29, 0.717) is 25.5 Å². The summed E-state index contributed by atoms with van der Waals surface area (Å²) in [6.07, 6.45) is -4.17. The molecule has 1 aliphatic rings. The number of benzene rings is 1. The zero-order chi connectivity index (χ0) is 18.7. The Balaban J connectivity index is 1.89. The Morgan fingerprint density at radius 1 is 1.31 bits per heavy atom. The van der Waals surface area contributed by atoms with Crippen LogP contribution in [0.5, 0.6) is 0 Å². The molecule has 4 nitrogen and oxygen atoms in total. The maximum Gasteiger partial charge on any atom is 0.416 e. The smallest absolute Gasteiger partial charge is 0.308 e. The molecule has 1 saturated heterocycles. The molecule has 0 bridgehead atoms. The van der Waals surface area contributed by atoms with Crippen LogP contribution in [0.1, 0.15) is 16.0 Å². The van der Waals surface area contributed by atoms with Gasteiger partial charge in [0.25, 0.3) is 0 Å². The molecule has 0 saturated carbocycles. The van der Waals surface area contributed by atoms with Crippen molar-refractivity contribution in [3.63, 3.8) is 0 Å². The lowest BCUT2D eigenvalue weighted by Gasteiger charge is -2.29. The first-order chi connectivity index (χ1) is 12.4. The van der Waals surface area contributed by atoms with Crippen molar-refractivity contribution in [3.8, 4) is 0 Å². The van der Waals surface area contributed by atoms with Crippen LogP contribution < -0.4 is 5.32 Å². The van der Waals surface area contributed by atoms with Crippen molar-refractivity contribution in [1.29, 1.82) is 0 Å². The van der Waals surface area contributed by atoms with Crippen molar-refractivity contribution in [2.45, 2.75) is 19.5 Å². The summed E-state index contributed by atoms with van der Waals surface area (Å²) >= 11 is 1.50. The summed E-state index contributed by atoms with van der Waals surface area (Å²) in [5.74, 6) is 0.345. The van der Waals surface area contributed by atoms with Gasteiger partial charge in [-0.1, -0.05) is 12.1 Å². The topological polar surface area (TPSA) is 44.7 Å². The summed E-state index contributed by atoms with van der Waals surface area (Å²) in [5, 5.41) is 5.02. The van der Waals surface area contributed by atoms with Crippen LogP contribution >= 0.6 is 11.3 Å². The summed E-state index contributed by atoms with van der Waals surface area (Å²) in [6.45, 7) is 2.81. The van der Waals surface area contributed by atoms with Gasteiger partial charge in [0.2, 0.25) is 5.91 Å². The molecule has 1 N–H and O–H groups in total. The predicted molar refractivity (Wildman–Crippen MR) is 95.9 cm³/mol. The van der Waals surface area contributed by atoms with Gasteiger partial charge in [0.15, 0.2) is 0 Å². The highest BCUT2D eigenvalue weighted by Gasteiger charge is 2.33. The summed E-state index contributed by atoms with van der Waals surface area (Å²) in [5.41, 5.74) is -0.421. The van der Waals surface area contributed by atoms with Crippen molar-refractivity contribution in [3.05, 3.63) is 51.7 Å². The highest BCUT2D eigenvalue weighted by atomic mass is 32.1. The second kappa shape index (κ2) is 7.59. The van der Waals surface area contributed by atoms with Crippen molar-refractivity contribution < 1.29 is 18.0 Å². The Morgan fingerprint density at radius 3 is 2.81 bits per heavy atom. The first-order valence-electron chi connectivity index (χ1n) is 8.14. The summed E-state index contributed by atoms with van der Waals surface area (Å²) in [6, 6.07) is 7.68. The second-order valence-electron chi connectivity index (χ2n) is 5.95. The number of rotatable bonds is 3. The van der Waals surface area contributed by atoms with E-state index in [1.807, 2.05) is 17.5 Å².